The number of urea groups is 1. The Bertz CT molecular complexity index is 460. The van der Waals surface area contributed by atoms with Crippen molar-refractivity contribution in [2.75, 3.05) is 25.5 Å². The van der Waals surface area contributed by atoms with E-state index in [1.165, 1.54) is 0 Å². The van der Waals surface area contributed by atoms with Gasteiger partial charge >= 0.3 is 6.03 Å². The van der Waals surface area contributed by atoms with Crippen LogP contribution in [0.3, 0.4) is 0 Å². The molecule has 1 rings (SSSR count). The molecule has 0 bridgehead atoms. The minimum absolute atomic E-state index is 0.0682. The van der Waals surface area contributed by atoms with Crippen molar-refractivity contribution < 1.29 is 9.53 Å². The van der Waals surface area contributed by atoms with Crippen LogP contribution < -0.4 is 10.1 Å². The third-order valence-electron chi connectivity index (χ3n) is 3.05. The van der Waals surface area contributed by atoms with Crippen molar-refractivity contribution >= 4 is 11.7 Å². The van der Waals surface area contributed by atoms with Crippen molar-refractivity contribution in [1.29, 1.82) is 0 Å². The Balaban J connectivity index is 2.87. The van der Waals surface area contributed by atoms with E-state index in [4.69, 9.17) is 4.74 Å². The molecule has 0 radical (unpaired) electrons. The summed E-state index contributed by atoms with van der Waals surface area (Å²) in [7, 11) is 1.61. The number of nitrogens with zero attached hydrogens (tertiary/aromatic N) is 1. The molecule has 21 heavy (non-hydrogen) atoms. The van der Waals surface area contributed by atoms with E-state index in [0.717, 1.165) is 24.3 Å². The predicted octanol–water partition coefficient (Wildman–Crippen LogP) is 4.15. The fourth-order valence-electron chi connectivity index (χ4n) is 2.24. The first-order valence-corrected chi connectivity index (χ1v) is 7.54. The third-order valence-corrected chi connectivity index (χ3v) is 3.05. The van der Waals surface area contributed by atoms with Gasteiger partial charge in [0.15, 0.2) is 0 Å². The molecular formula is C17H28N2O2. The number of hydrogen-bond donors (Lipinski definition) is 1. The molecule has 0 fully saturated rings. The Morgan fingerprint density at radius 3 is 2.24 bits per heavy atom. The molecule has 118 valence electrons. The zero-order valence-corrected chi connectivity index (χ0v) is 14.1. The van der Waals surface area contributed by atoms with E-state index in [0.29, 0.717) is 17.6 Å². The molecule has 0 aliphatic heterocycles. The molecule has 0 atom stereocenters. The van der Waals surface area contributed by atoms with Gasteiger partial charge in [-0.1, -0.05) is 33.8 Å². The lowest BCUT2D eigenvalue weighted by Gasteiger charge is -2.27. The number of anilines is 1. The monoisotopic (exact) mass is 292 g/mol. The van der Waals surface area contributed by atoms with Crippen molar-refractivity contribution in [2.45, 2.75) is 34.6 Å². The lowest BCUT2D eigenvalue weighted by Crippen LogP contribution is -2.40. The van der Waals surface area contributed by atoms with Gasteiger partial charge in [0.2, 0.25) is 0 Å². The minimum atomic E-state index is -0.0682. The van der Waals surface area contributed by atoms with Crippen LogP contribution in [-0.2, 0) is 0 Å². The molecule has 0 aliphatic carbocycles. The van der Waals surface area contributed by atoms with Gasteiger partial charge in [-0.2, -0.15) is 0 Å². The fourth-order valence-corrected chi connectivity index (χ4v) is 2.24. The summed E-state index contributed by atoms with van der Waals surface area (Å²) in [4.78, 5) is 14.4. The van der Waals surface area contributed by atoms with E-state index < -0.39 is 0 Å². The number of nitrogens with one attached hydrogen (secondary N) is 1. The zero-order valence-electron chi connectivity index (χ0n) is 14.1. The standard InChI is InChI=1S/C17H28N2O2/c1-12(2)10-19(11-13(3)4)17(20)18-15-9-14(5)7-8-16(15)21-6/h7-9,12-13H,10-11H2,1-6H3,(H,18,20). The largest absolute Gasteiger partial charge is 0.495 e. The highest BCUT2D eigenvalue weighted by molar-refractivity contribution is 5.91. The van der Waals surface area contributed by atoms with Crippen LogP contribution in [0.1, 0.15) is 33.3 Å². The number of amides is 2. The van der Waals surface area contributed by atoms with Crippen molar-refractivity contribution in [1.82, 2.24) is 4.90 Å². The second-order valence-corrected chi connectivity index (χ2v) is 6.33. The highest BCUT2D eigenvalue weighted by Crippen LogP contribution is 2.25. The Kier molecular flexibility index (Phi) is 6.53. The SMILES string of the molecule is COc1ccc(C)cc1NC(=O)N(CC(C)C)CC(C)C. The lowest BCUT2D eigenvalue weighted by molar-refractivity contribution is 0.196. The second kappa shape index (κ2) is 7.91. The number of methoxy groups -OCH3 is 1. The summed E-state index contributed by atoms with van der Waals surface area (Å²) in [6.45, 7) is 12.0. The van der Waals surface area contributed by atoms with E-state index >= 15 is 0 Å². The molecule has 4 nitrogen and oxygen atoms in total. The van der Waals surface area contributed by atoms with Crippen LogP contribution in [0, 0.1) is 18.8 Å². The van der Waals surface area contributed by atoms with Crippen LogP contribution in [0.4, 0.5) is 10.5 Å². The molecule has 0 heterocycles. The van der Waals surface area contributed by atoms with E-state index in [2.05, 4.69) is 33.0 Å². The Morgan fingerprint density at radius 1 is 1.19 bits per heavy atom. The molecule has 0 unspecified atom stereocenters. The van der Waals surface area contributed by atoms with Crippen LogP contribution in [0.5, 0.6) is 5.75 Å². The maximum atomic E-state index is 12.5. The maximum absolute atomic E-state index is 12.5. The van der Waals surface area contributed by atoms with E-state index in [-0.39, 0.29) is 6.03 Å². The summed E-state index contributed by atoms with van der Waals surface area (Å²) in [5, 5.41) is 2.98. The van der Waals surface area contributed by atoms with Crippen LogP contribution in [0.15, 0.2) is 18.2 Å². The van der Waals surface area contributed by atoms with Gasteiger partial charge in [0.05, 0.1) is 12.8 Å². The van der Waals surface area contributed by atoms with Gasteiger partial charge < -0.3 is 15.0 Å². The molecule has 4 heteroatoms. The van der Waals surface area contributed by atoms with Gasteiger partial charge in [0.1, 0.15) is 5.75 Å². The highest BCUT2D eigenvalue weighted by atomic mass is 16.5. The lowest BCUT2D eigenvalue weighted by atomic mass is 10.1. The summed E-state index contributed by atoms with van der Waals surface area (Å²) in [5.41, 5.74) is 1.81. The van der Waals surface area contributed by atoms with Crippen molar-refractivity contribution in [3.8, 4) is 5.75 Å². The Labute approximate surface area is 128 Å². The average Bonchev–Trinajstić information content (AvgIpc) is 2.37. The zero-order chi connectivity index (χ0) is 16.0. The summed E-state index contributed by atoms with van der Waals surface area (Å²) >= 11 is 0. The van der Waals surface area contributed by atoms with Gasteiger partial charge in [-0.3, -0.25) is 0 Å². The van der Waals surface area contributed by atoms with Crippen molar-refractivity contribution in [3.05, 3.63) is 23.8 Å². The van der Waals surface area contributed by atoms with Gasteiger partial charge in [-0.25, -0.2) is 4.79 Å². The topological polar surface area (TPSA) is 41.6 Å². The molecule has 0 aliphatic rings. The smallest absolute Gasteiger partial charge is 0.321 e. The molecule has 2 amide bonds. The van der Waals surface area contributed by atoms with E-state index in [1.807, 2.05) is 30.0 Å². The van der Waals surface area contributed by atoms with Gasteiger partial charge in [-0.05, 0) is 36.5 Å². The average molecular weight is 292 g/mol. The van der Waals surface area contributed by atoms with Crippen LogP contribution in [0.25, 0.3) is 0 Å². The molecular weight excluding hydrogens is 264 g/mol. The number of aryl methyl sites for hydroxylation is 1. The number of carbonyl (C=O) groups is 1. The van der Waals surface area contributed by atoms with Gasteiger partial charge in [0.25, 0.3) is 0 Å². The Morgan fingerprint density at radius 2 is 1.76 bits per heavy atom. The second-order valence-electron chi connectivity index (χ2n) is 6.33. The first-order chi connectivity index (χ1) is 9.83. The summed E-state index contributed by atoms with van der Waals surface area (Å²) in [5.74, 6) is 1.56. The Hall–Kier alpha value is -1.71. The van der Waals surface area contributed by atoms with E-state index in [1.54, 1.807) is 7.11 Å². The number of carbonyl (C=O) groups excluding carboxylic acids is 1. The van der Waals surface area contributed by atoms with Crippen molar-refractivity contribution in [3.63, 3.8) is 0 Å². The fraction of sp³-hybridized carbons (Fsp3) is 0.588. The van der Waals surface area contributed by atoms with Crippen LogP contribution in [-0.4, -0.2) is 31.1 Å². The predicted molar refractivity (Wildman–Crippen MR) is 88.0 cm³/mol. The number of benzene rings is 1. The summed E-state index contributed by atoms with van der Waals surface area (Å²) < 4.78 is 5.31. The molecule has 0 saturated heterocycles. The van der Waals surface area contributed by atoms with Crippen LogP contribution >= 0.6 is 0 Å². The van der Waals surface area contributed by atoms with Crippen LogP contribution in [0.2, 0.25) is 0 Å². The number of rotatable bonds is 6. The molecule has 0 saturated carbocycles. The molecule has 0 aromatic heterocycles. The first kappa shape index (κ1) is 17.3. The summed E-state index contributed by atoms with van der Waals surface area (Å²) in [6, 6.07) is 5.70. The molecule has 1 N–H and O–H groups in total. The first-order valence-electron chi connectivity index (χ1n) is 7.54. The molecule has 1 aromatic rings. The van der Waals surface area contributed by atoms with E-state index in [9.17, 15) is 4.79 Å². The quantitative estimate of drug-likeness (QED) is 0.855. The highest BCUT2D eigenvalue weighted by Gasteiger charge is 2.17. The van der Waals surface area contributed by atoms with Gasteiger partial charge in [-0.15, -0.1) is 0 Å². The molecule has 1 aromatic carbocycles. The summed E-state index contributed by atoms with van der Waals surface area (Å²) in [6.07, 6.45) is 0. The minimum Gasteiger partial charge on any atom is -0.495 e. The number of hydrogen-bond acceptors (Lipinski definition) is 2. The molecule has 0 spiro atoms. The maximum Gasteiger partial charge on any atom is 0.321 e. The van der Waals surface area contributed by atoms with Crippen molar-refractivity contribution in [2.24, 2.45) is 11.8 Å². The third kappa shape index (κ3) is 5.66. The van der Waals surface area contributed by atoms with Gasteiger partial charge in [0, 0.05) is 13.1 Å². The number of ether oxygens (including phenoxy) is 1. The normalized spacial score (nSPS) is 10.9.